The highest BCUT2D eigenvalue weighted by molar-refractivity contribution is 5.83. The summed E-state index contributed by atoms with van der Waals surface area (Å²) in [4.78, 5) is 25.2. The first-order chi connectivity index (χ1) is 16.4. The van der Waals surface area contributed by atoms with Gasteiger partial charge in [-0.3, -0.25) is 9.59 Å². The molecule has 2 rings (SSSR count). The van der Waals surface area contributed by atoms with E-state index in [2.05, 4.69) is 0 Å². The van der Waals surface area contributed by atoms with Crippen molar-refractivity contribution in [2.45, 2.75) is 71.3 Å². The Kier molecular flexibility index (Phi) is 9.95. The molecule has 1 atom stereocenters. The molecule has 1 unspecified atom stereocenters. The third kappa shape index (κ3) is 7.59. The lowest BCUT2D eigenvalue weighted by molar-refractivity contribution is -0.156. The molecule has 0 spiro atoms. The first kappa shape index (κ1) is 28.4. The van der Waals surface area contributed by atoms with E-state index >= 15 is 0 Å². The summed E-state index contributed by atoms with van der Waals surface area (Å²) in [6.07, 6.45) is 0.688. The summed E-state index contributed by atoms with van der Waals surface area (Å²) < 4.78 is 39.4. The molecule has 7 heteroatoms. The molecule has 5 nitrogen and oxygen atoms in total. The fourth-order valence-corrected chi connectivity index (χ4v) is 3.76. The van der Waals surface area contributed by atoms with Gasteiger partial charge in [0.05, 0.1) is 12.0 Å². The average Bonchev–Trinajstić information content (AvgIpc) is 2.85. The maximum absolute atomic E-state index is 14.4. The molecule has 0 aliphatic rings. The maximum Gasteiger partial charge on any atom is 0.316 e. The van der Waals surface area contributed by atoms with Crippen LogP contribution < -0.4 is 0 Å². The van der Waals surface area contributed by atoms with Crippen molar-refractivity contribution in [1.82, 2.24) is 0 Å². The van der Waals surface area contributed by atoms with E-state index in [1.54, 1.807) is 26.0 Å². The van der Waals surface area contributed by atoms with Crippen LogP contribution in [0.5, 0.6) is 0 Å². The van der Waals surface area contributed by atoms with Gasteiger partial charge in [-0.15, -0.1) is 0 Å². The molecule has 0 radical (unpaired) electrons. The zero-order valence-corrected chi connectivity index (χ0v) is 21.0. The van der Waals surface area contributed by atoms with Crippen LogP contribution in [0, 0.1) is 5.41 Å². The SMILES string of the molecule is CCOC(=O)CCc1cccc(C(C)(CCC(C)(C)C(F)(F)CO)C(=O)OCc2ccccc2)c1. The standard InChI is InChI=1S/C28H36F2O5/c1-5-34-24(32)15-14-21-12-9-13-23(18-21)27(4,17-16-26(2,3)28(29,30)20-31)25(33)35-19-22-10-7-6-8-11-22/h6-13,18,31H,5,14-17,19-20H2,1-4H3. The van der Waals surface area contributed by atoms with E-state index in [1.165, 1.54) is 13.8 Å². The molecule has 0 heterocycles. The van der Waals surface area contributed by atoms with Gasteiger partial charge in [0.15, 0.2) is 0 Å². The van der Waals surface area contributed by atoms with Crippen LogP contribution in [0.1, 0.15) is 63.6 Å². The Morgan fingerprint density at radius 3 is 2.20 bits per heavy atom. The average molecular weight is 491 g/mol. The first-order valence-electron chi connectivity index (χ1n) is 11.9. The molecule has 35 heavy (non-hydrogen) atoms. The van der Waals surface area contributed by atoms with Crippen molar-refractivity contribution in [2.24, 2.45) is 5.41 Å². The Labute approximate surface area is 206 Å². The summed E-state index contributed by atoms with van der Waals surface area (Å²) in [6.45, 7) is 5.30. The lowest BCUT2D eigenvalue weighted by Gasteiger charge is -2.36. The molecule has 2 aromatic rings. The Morgan fingerprint density at radius 1 is 0.914 bits per heavy atom. The van der Waals surface area contributed by atoms with Crippen LogP contribution in [0.2, 0.25) is 0 Å². The molecular formula is C28H36F2O5. The molecular weight excluding hydrogens is 454 g/mol. The van der Waals surface area contributed by atoms with Crippen LogP contribution in [-0.2, 0) is 37.5 Å². The highest BCUT2D eigenvalue weighted by atomic mass is 19.3. The monoisotopic (exact) mass is 490 g/mol. The number of ether oxygens (including phenoxy) is 2. The topological polar surface area (TPSA) is 72.8 Å². The number of rotatable bonds is 13. The molecule has 192 valence electrons. The van der Waals surface area contributed by atoms with E-state index < -0.39 is 29.3 Å². The number of hydrogen-bond donors (Lipinski definition) is 1. The number of carbonyl (C=O) groups is 2. The highest BCUT2D eigenvalue weighted by Crippen LogP contribution is 2.43. The summed E-state index contributed by atoms with van der Waals surface area (Å²) in [5.41, 5.74) is -0.474. The molecule has 0 saturated heterocycles. The Hall–Kier alpha value is -2.80. The van der Waals surface area contributed by atoms with Gasteiger partial charge in [0.25, 0.3) is 5.92 Å². The highest BCUT2D eigenvalue weighted by Gasteiger charge is 2.48. The van der Waals surface area contributed by atoms with Gasteiger partial charge in [0.1, 0.15) is 13.2 Å². The van der Waals surface area contributed by atoms with Gasteiger partial charge >= 0.3 is 11.9 Å². The van der Waals surface area contributed by atoms with Crippen molar-refractivity contribution in [1.29, 1.82) is 0 Å². The van der Waals surface area contributed by atoms with Gasteiger partial charge in [-0.05, 0) is 49.8 Å². The molecule has 0 bridgehead atoms. The predicted octanol–water partition coefficient (Wildman–Crippen LogP) is 5.62. The van der Waals surface area contributed by atoms with Gasteiger partial charge in [0, 0.05) is 11.8 Å². The second kappa shape index (κ2) is 12.2. The third-order valence-corrected chi connectivity index (χ3v) is 6.59. The van der Waals surface area contributed by atoms with E-state index in [9.17, 15) is 23.5 Å². The van der Waals surface area contributed by atoms with Crippen LogP contribution in [0.4, 0.5) is 8.78 Å². The largest absolute Gasteiger partial charge is 0.466 e. The normalized spacial score (nSPS) is 13.7. The van der Waals surface area contributed by atoms with E-state index in [1.807, 2.05) is 42.5 Å². The first-order valence-corrected chi connectivity index (χ1v) is 11.9. The minimum Gasteiger partial charge on any atom is -0.466 e. The summed E-state index contributed by atoms with van der Waals surface area (Å²) in [6, 6.07) is 16.4. The maximum atomic E-state index is 14.4. The van der Waals surface area contributed by atoms with Gasteiger partial charge in [0.2, 0.25) is 0 Å². The molecule has 0 fully saturated rings. The molecule has 1 N–H and O–H groups in total. The quantitative estimate of drug-likeness (QED) is 0.369. The predicted molar refractivity (Wildman–Crippen MR) is 130 cm³/mol. The number of aryl methyl sites for hydroxylation is 1. The fourth-order valence-electron chi connectivity index (χ4n) is 3.76. The van der Waals surface area contributed by atoms with E-state index in [0.29, 0.717) is 18.6 Å². The molecule has 0 aromatic heterocycles. The number of carbonyl (C=O) groups excluding carboxylic acids is 2. The summed E-state index contributed by atoms with van der Waals surface area (Å²) in [5, 5.41) is 9.19. The number of hydrogen-bond acceptors (Lipinski definition) is 5. The van der Waals surface area contributed by atoms with Crippen molar-refractivity contribution in [3.05, 3.63) is 71.3 Å². The van der Waals surface area contributed by atoms with Crippen molar-refractivity contribution in [3.63, 3.8) is 0 Å². The zero-order chi connectivity index (χ0) is 26.1. The Bertz CT molecular complexity index is 974. The third-order valence-electron chi connectivity index (χ3n) is 6.59. The van der Waals surface area contributed by atoms with E-state index in [-0.39, 0.29) is 31.8 Å². The number of aliphatic hydroxyl groups excluding tert-OH is 1. The van der Waals surface area contributed by atoms with Crippen LogP contribution in [-0.4, -0.2) is 36.2 Å². The van der Waals surface area contributed by atoms with Gasteiger partial charge in [-0.2, -0.15) is 0 Å². The van der Waals surface area contributed by atoms with Crippen molar-refractivity contribution < 1.29 is 33.0 Å². The molecule has 0 aliphatic carbocycles. The lowest BCUT2D eigenvalue weighted by Crippen LogP contribution is -2.42. The van der Waals surface area contributed by atoms with Crippen LogP contribution in [0.15, 0.2) is 54.6 Å². The second-order valence-corrected chi connectivity index (χ2v) is 9.65. The zero-order valence-electron chi connectivity index (χ0n) is 21.0. The van der Waals surface area contributed by atoms with Gasteiger partial charge < -0.3 is 14.6 Å². The summed E-state index contributed by atoms with van der Waals surface area (Å²) in [7, 11) is 0. The van der Waals surface area contributed by atoms with Crippen LogP contribution >= 0.6 is 0 Å². The van der Waals surface area contributed by atoms with Gasteiger partial charge in [-0.1, -0.05) is 68.4 Å². The van der Waals surface area contributed by atoms with Crippen molar-refractivity contribution >= 4 is 11.9 Å². The van der Waals surface area contributed by atoms with E-state index in [0.717, 1.165) is 11.1 Å². The smallest absolute Gasteiger partial charge is 0.316 e. The minimum absolute atomic E-state index is 0.0233. The Morgan fingerprint density at radius 2 is 1.57 bits per heavy atom. The number of benzene rings is 2. The molecule has 0 amide bonds. The number of alkyl halides is 2. The fraction of sp³-hybridized carbons (Fsp3) is 0.500. The van der Waals surface area contributed by atoms with Crippen molar-refractivity contribution in [2.75, 3.05) is 13.2 Å². The van der Waals surface area contributed by atoms with Crippen LogP contribution in [0.25, 0.3) is 0 Å². The summed E-state index contributed by atoms with van der Waals surface area (Å²) in [5.74, 6) is -4.13. The number of halogens is 2. The molecule has 0 aliphatic heterocycles. The lowest BCUT2D eigenvalue weighted by atomic mass is 9.71. The van der Waals surface area contributed by atoms with Crippen LogP contribution in [0.3, 0.4) is 0 Å². The molecule has 2 aromatic carbocycles. The van der Waals surface area contributed by atoms with Crippen molar-refractivity contribution in [3.8, 4) is 0 Å². The number of aliphatic hydroxyl groups is 1. The molecule has 0 saturated carbocycles. The van der Waals surface area contributed by atoms with Gasteiger partial charge in [-0.25, -0.2) is 8.78 Å². The number of esters is 2. The summed E-state index contributed by atoms with van der Waals surface area (Å²) >= 11 is 0. The minimum atomic E-state index is -3.30. The second-order valence-electron chi connectivity index (χ2n) is 9.65. The Balaban J connectivity index is 2.31. The van der Waals surface area contributed by atoms with E-state index in [4.69, 9.17) is 9.47 Å².